The number of carbonyl (C=O) groups excluding carboxylic acids is 2. The van der Waals surface area contributed by atoms with Gasteiger partial charge in [-0.2, -0.15) is 5.26 Å². The molecular formula is C18H17N3O3. The molecule has 1 aromatic heterocycles. The minimum Gasteiger partial charge on any atom is -0.469 e. The molecule has 6 heteroatoms. The van der Waals surface area contributed by atoms with Gasteiger partial charge in [-0.3, -0.25) is 9.59 Å². The van der Waals surface area contributed by atoms with Crippen LogP contribution in [-0.2, 0) is 16.6 Å². The van der Waals surface area contributed by atoms with Gasteiger partial charge in [0.05, 0.1) is 18.6 Å². The van der Waals surface area contributed by atoms with Gasteiger partial charge in [-0.25, -0.2) is 0 Å². The maximum absolute atomic E-state index is 12.9. The first kappa shape index (κ1) is 15.8. The maximum atomic E-state index is 12.9. The fourth-order valence-corrected chi connectivity index (χ4v) is 3.14. The fourth-order valence-electron chi connectivity index (χ4n) is 3.14. The second kappa shape index (κ2) is 6.20. The lowest BCUT2D eigenvalue weighted by Crippen LogP contribution is -2.39. The third kappa shape index (κ3) is 2.54. The van der Waals surface area contributed by atoms with Crippen molar-refractivity contribution >= 4 is 17.6 Å². The number of nitriles is 1. The summed E-state index contributed by atoms with van der Waals surface area (Å²) in [4.78, 5) is 26.6. The minimum atomic E-state index is -0.363. The number of esters is 1. The molecule has 6 nitrogen and oxygen atoms in total. The van der Waals surface area contributed by atoms with Crippen LogP contribution in [-0.4, -0.2) is 30.1 Å². The molecule has 1 amide bonds. The standard InChI is InChI=1S/C18H17N3O3/c1-20-11-12(10-19)9-16(20)17(22)21-8-7-14(18(23)24-2)13-5-3-4-6-15(13)21/h3-6,9,11,14H,7-8H2,1-2H3. The van der Waals surface area contributed by atoms with Gasteiger partial charge < -0.3 is 14.2 Å². The van der Waals surface area contributed by atoms with E-state index < -0.39 is 0 Å². The first-order chi connectivity index (χ1) is 11.6. The van der Waals surface area contributed by atoms with E-state index in [1.165, 1.54) is 7.11 Å². The van der Waals surface area contributed by atoms with Crippen LogP contribution in [0.3, 0.4) is 0 Å². The lowest BCUT2D eigenvalue weighted by atomic mass is 9.89. The molecule has 3 rings (SSSR count). The average molecular weight is 323 g/mol. The summed E-state index contributed by atoms with van der Waals surface area (Å²) in [5.74, 6) is -0.840. The second-order valence-corrected chi connectivity index (χ2v) is 5.72. The van der Waals surface area contributed by atoms with Crippen molar-refractivity contribution in [2.75, 3.05) is 18.6 Å². The van der Waals surface area contributed by atoms with E-state index in [1.807, 2.05) is 30.3 Å². The van der Waals surface area contributed by atoms with Crippen LogP contribution < -0.4 is 4.90 Å². The van der Waals surface area contributed by atoms with Gasteiger partial charge in [0.15, 0.2) is 0 Å². The van der Waals surface area contributed by atoms with Gasteiger partial charge in [0, 0.05) is 25.5 Å². The third-order valence-corrected chi connectivity index (χ3v) is 4.33. The van der Waals surface area contributed by atoms with Crippen molar-refractivity contribution < 1.29 is 14.3 Å². The van der Waals surface area contributed by atoms with Crippen LogP contribution in [0.5, 0.6) is 0 Å². The van der Waals surface area contributed by atoms with Crippen LogP contribution in [0.2, 0.25) is 0 Å². The quantitative estimate of drug-likeness (QED) is 0.794. The zero-order valence-electron chi connectivity index (χ0n) is 13.5. The molecule has 1 aromatic carbocycles. The van der Waals surface area contributed by atoms with Gasteiger partial charge in [0.1, 0.15) is 11.8 Å². The minimum absolute atomic E-state index is 0.185. The lowest BCUT2D eigenvalue weighted by Gasteiger charge is -2.33. The van der Waals surface area contributed by atoms with Crippen molar-refractivity contribution in [3.05, 3.63) is 53.3 Å². The summed E-state index contributed by atoms with van der Waals surface area (Å²) in [7, 11) is 3.11. The fraction of sp³-hybridized carbons (Fsp3) is 0.278. The predicted molar refractivity (Wildman–Crippen MR) is 87.6 cm³/mol. The predicted octanol–water partition coefficient (Wildman–Crippen LogP) is 2.20. The molecule has 0 radical (unpaired) electrons. The first-order valence-electron chi connectivity index (χ1n) is 7.62. The van der Waals surface area contributed by atoms with E-state index in [9.17, 15) is 9.59 Å². The smallest absolute Gasteiger partial charge is 0.313 e. The molecule has 0 fully saturated rings. The van der Waals surface area contributed by atoms with Gasteiger partial charge in [0.25, 0.3) is 5.91 Å². The highest BCUT2D eigenvalue weighted by Gasteiger charge is 2.34. The number of methoxy groups -OCH3 is 1. The van der Waals surface area contributed by atoms with Gasteiger partial charge in [-0.05, 0) is 24.1 Å². The second-order valence-electron chi connectivity index (χ2n) is 5.72. The van der Waals surface area contributed by atoms with E-state index in [0.717, 1.165) is 5.56 Å². The number of hydrogen-bond donors (Lipinski definition) is 0. The Balaban J connectivity index is 2.00. The summed E-state index contributed by atoms with van der Waals surface area (Å²) >= 11 is 0. The Labute approximate surface area is 139 Å². The molecular weight excluding hydrogens is 306 g/mol. The molecule has 0 aliphatic carbocycles. The van der Waals surface area contributed by atoms with E-state index >= 15 is 0 Å². The van der Waals surface area contributed by atoms with E-state index in [0.29, 0.717) is 29.9 Å². The summed E-state index contributed by atoms with van der Waals surface area (Å²) < 4.78 is 6.53. The molecule has 1 aliphatic rings. The number of fused-ring (bicyclic) bond motifs is 1. The average Bonchev–Trinajstić information content (AvgIpc) is 3.00. The molecule has 0 spiro atoms. The highest BCUT2D eigenvalue weighted by Crippen LogP contribution is 2.36. The summed E-state index contributed by atoms with van der Waals surface area (Å²) in [5, 5.41) is 9.01. The molecule has 0 saturated carbocycles. The van der Waals surface area contributed by atoms with E-state index in [-0.39, 0.29) is 17.8 Å². The highest BCUT2D eigenvalue weighted by atomic mass is 16.5. The molecule has 1 unspecified atom stereocenters. The molecule has 0 bridgehead atoms. The number of aromatic nitrogens is 1. The first-order valence-corrected chi connectivity index (χ1v) is 7.62. The number of rotatable bonds is 2. The SMILES string of the molecule is COC(=O)C1CCN(C(=O)c2cc(C#N)cn2C)c2ccccc21. The normalized spacial score (nSPS) is 16.2. The number of hydrogen-bond acceptors (Lipinski definition) is 4. The van der Waals surface area contributed by atoms with Crippen molar-refractivity contribution in [1.82, 2.24) is 4.57 Å². The Bertz CT molecular complexity index is 847. The highest BCUT2D eigenvalue weighted by molar-refractivity contribution is 6.06. The monoisotopic (exact) mass is 323 g/mol. The molecule has 0 saturated heterocycles. The molecule has 1 atom stereocenters. The zero-order valence-corrected chi connectivity index (χ0v) is 13.5. The topological polar surface area (TPSA) is 75.3 Å². The van der Waals surface area contributed by atoms with Crippen molar-refractivity contribution in [2.24, 2.45) is 7.05 Å². The number of anilines is 1. The van der Waals surface area contributed by atoms with Crippen molar-refractivity contribution in [3.8, 4) is 6.07 Å². The van der Waals surface area contributed by atoms with E-state index in [2.05, 4.69) is 0 Å². The van der Waals surface area contributed by atoms with E-state index in [1.54, 1.807) is 28.8 Å². The number of nitrogens with zero attached hydrogens (tertiary/aromatic N) is 3. The molecule has 0 N–H and O–H groups in total. The van der Waals surface area contributed by atoms with Gasteiger partial charge in [-0.1, -0.05) is 18.2 Å². The van der Waals surface area contributed by atoms with Gasteiger partial charge in [0.2, 0.25) is 0 Å². The van der Waals surface area contributed by atoms with E-state index in [4.69, 9.17) is 10.00 Å². The molecule has 1 aliphatic heterocycles. The van der Waals surface area contributed by atoms with Gasteiger partial charge in [-0.15, -0.1) is 0 Å². The van der Waals surface area contributed by atoms with Crippen LogP contribution >= 0.6 is 0 Å². The lowest BCUT2D eigenvalue weighted by molar-refractivity contribution is -0.142. The largest absolute Gasteiger partial charge is 0.469 e. The number of ether oxygens (including phenoxy) is 1. The van der Waals surface area contributed by atoms with Gasteiger partial charge >= 0.3 is 5.97 Å². The summed E-state index contributed by atoms with van der Waals surface area (Å²) in [6.07, 6.45) is 2.13. The number of aryl methyl sites for hydroxylation is 1. The van der Waals surface area contributed by atoms with Crippen LogP contribution in [0.25, 0.3) is 0 Å². The molecule has 24 heavy (non-hydrogen) atoms. The Hall–Kier alpha value is -3.07. The maximum Gasteiger partial charge on any atom is 0.313 e. The summed E-state index contributed by atoms with van der Waals surface area (Å²) in [5.41, 5.74) is 2.39. The third-order valence-electron chi connectivity index (χ3n) is 4.33. The zero-order chi connectivity index (χ0) is 17.3. The van der Waals surface area contributed by atoms with Crippen LogP contribution in [0.4, 0.5) is 5.69 Å². The summed E-state index contributed by atoms with van der Waals surface area (Å²) in [6.45, 7) is 0.419. The van der Waals surface area contributed by atoms with Crippen LogP contribution in [0, 0.1) is 11.3 Å². The Morgan fingerprint density at radius 1 is 1.33 bits per heavy atom. The van der Waals surface area contributed by atoms with Crippen molar-refractivity contribution in [3.63, 3.8) is 0 Å². The Morgan fingerprint density at radius 2 is 2.08 bits per heavy atom. The van der Waals surface area contributed by atoms with Crippen LogP contribution in [0.15, 0.2) is 36.5 Å². The molecule has 2 heterocycles. The Kier molecular flexibility index (Phi) is 4.09. The number of amides is 1. The number of para-hydroxylation sites is 1. The van der Waals surface area contributed by atoms with Crippen molar-refractivity contribution in [2.45, 2.75) is 12.3 Å². The number of benzene rings is 1. The number of carbonyl (C=O) groups is 2. The molecule has 122 valence electrons. The summed E-state index contributed by atoms with van der Waals surface area (Å²) in [6, 6.07) is 11.0. The van der Waals surface area contributed by atoms with Crippen LogP contribution in [0.1, 0.15) is 34.0 Å². The Morgan fingerprint density at radius 3 is 2.75 bits per heavy atom. The molecule has 2 aromatic rings. The van der Waals surface area contributed by atoms with Crippen molar-refractivity contribution in [1.29, 1.82) is 5.26 Å².